The number of nitrogens with two attached hydrogens (primary N) is 1. The molecule has 2 rings (SSSR count). The average Bonchev–Trinajstić information content (AvgIpc) is 2.59. The molecule has 8 heteroatoms. The molecule has 2 amide bonds. The van der Waals surface area contributed by atoms with Crippen LogP contribution in [-0.2, 0) is 4.74 Å². The first-order valence-corrected chi connectivity index (χ1v) is 4.93. The number of carbonyl (C=O) groups excluding carboxylic acids is 1. The summed E-state index contributed by atoms with van der Waals surface area (Å²) in [6, 6.07) is -0.414. The number of rotatable bonds is 2. The van der Waals surface area contributed by atoms with E-state index in [1.807, 2.05) is 0 Å². The molecule has 0 aromatic heterocycles. The van der Waals surface area contributed by atoms with Crippen LogP contribution in [0.1, 0.15) is 6.42 Å². The smallest absolute Gasteiger partial charge is 0.327 e. The molecule has 0 bridgehead atoms. The minimum Gasteiger partial charge on any atom is -0.394 e. The lowest BCUT2D eigenvalue weighted by molar-refractivity contribution is -0.0637. The van der Waals surface area contributed by atoms with Crippen molar-refractivity contribution in [2.45, 2.75) is 24.9 Å². The van der Waals surface area contributed by atoms with Gasteiger partial charge in [-0.05, 0) is 0 Å². The summed E-state index contributed by atoms with van der Waals surface area (Å²) in [6.07, 6.45) is -1.75. The predicted octanol–water partition coefficient (Wildman–Crippen LogP) is -2.25. The molecule has 3 atom stereocenters. The first-order valence-electron chi connectivity index (χ1n) is 4.93. The van der Waals surface area contributed by atoms with Crippen molar-refractivity contribution in [2.24, 2.45) is 10.7 Å². The first kappa shape index (κ1) is 11.1. The van der Waals surface area contributed by atoms with Crippen LogP contribution in [0.3, 0.4) is 0 Å². The van der Waals surface area contributed by atoms with Gasteiger partial charge in [0.05, 0.1) is 12.7 Å². The third-order valence-corrected chi connectivity index (χ3v) is 2.62. The molecular weight excluding hydrogens is 216 g/mol. The lowest BCUT2D eigenvalue weighted by Crippen LogP contribution is -2.54. The largest absolute Gasteiger partial charge is 0.394 e. The molecule has 0 radical (unpaired) electrons. The maximum Gasteiger partial charge on any atom is 0.327 e. The van der Waals surface area contributed by atoms with Crippen LogP contribution in [-0.4, -0.2) is 58.8 Å². The van der Waals surface area contributed by atoms with Crippen molar-refractivity contribution >= 4 is 12.0 Å². The van der Waals surface area contributed by atoms with E-state index in [-0.39, 0.29) is 25.7 Å². The Morgan fingerprint density at radius 2 is 2.44 bits per heavy atom. The Balaban J connectivity index is 2.02. The summed E-state index contributed by atoms with van der Waals surface area (Å²) in [6.45, 7) is -0.189. The number of urea groups is 1. The number of nitrogens with one attached hydrogen (secondary N) is 1. The van der Waals surface area contributed by atoms with Crippen LogP contribution in [0.25, 0.3) is 0 Å². The minimum atomic E-state index is -0.772. The first-order chi connectivity index (χ1) is 7.61. The van der Waals surface area contributed by atoms with Crippen LogP contribution in [0.2, 0.25) is 0 Å². The summed E-state index contributed by atoms with van der Waals surface area (Å²) in [7, 11) is 0. The number of hydrogen-bond donors (Lipinski definition) is 4. The summed E-state index contributed by atoms with van der Waals surface area (Å²) >= 11 is 0. The van der Waals surface area contributed by atoms with E-state index in [0.29, 0.717) is 0 Å². The summed E-state index contributed by atoms with van der Waals surface area (Å²) in [5.74, 6) is 0.0681. The number of hydrogen-bond acceptors (Lipinski definition) is 6. The van der Waals surface area contributed by atoms with Crippen LogP contribution in [0, 0.1) is 0 Å². The highest BCUT2D eigenvalue weighted by Gasteiger charge is 2.39. The van der Waals surface area contributed by atoms with E-state index in [9.17, 15) is 9.90 Å². The number of ether oxygens (including phenoxy) is 1. The van der Waals surface area contributed by atoms with Gasteiger partial charge in [0.1, 0.15) is 19.0 Å². The molecule has 2 aliphatic heterocycles. The van der Waals surface area contributed by atoms with Gasteiger partial charge in [-0.3, -0.25) is 10.2 Å². The van der Waals surface area contributed by atoms with Crippen molar-refractivity contribution in [3.05, 3.63) is 0 Å². The van der Waals surface area contributed by atoms with Crippen molar-refractivity contribution in [3.8, 4) is 0 Å². The fourth-order valence-electron chi connectivity index (χ4n) is 1.73. The third-order valence-electron chi connectivity index (χ3n) is 2.62. The Kier molecular flexibility index (Phi) is 2.95. The number of aliphatic imine (C=N–C) groups is 1. The van der Waals surface area contributed by atoms with Gasteiger partial charge >= 0.3 is 6.03 Å². The second kappa shape index (κ2) is 4.24. The lowest BCUT2D eigenvalue weighted by Gasteiger charge is -2.29. The highest BCUT2D eigenvalue weighted by Crippen LogP contribution is 2.23. The SMILES string of the molecule is NC1=NCN(C2CC(O)C(CO)O2)C(=O)N1. The zero-order valence-corrected chi connectivity index (χ0v) is 8.54. The van der Waals surface area contributed by atoms with E-state index in [1.165, 1.54) is 4.90 Å². The van der Waals surface area contributed by atoms with Crippen LogP contribution < -0.4 is 11.1 Å². The maximum absolute atomic E-state index is 11.5. The Hall–Kier alpha value is -1.38. The van der Waals surface area contributed by atoms with Gasteiger partial charge in [-0.25, -0.2) is 9.79 Å². The molecule has 0 aliphatic carbocycles. The topological polar surface area (TPSA) is 120 Å². The van der Waals surface area contributed by atoms with Crippen LogP contribution in [0.15, 0.2) is 4.99 Å². The molecular formula is C8H14N4O4. The Bertz CT molecular complexity index is 321. The Morgan fingerprint density at radius 3 is 3.00 bits per heavy atom. The summed E-state index contributed by atoms with van der Waals surface area (Å²) < 4.78 is 5.32. The van der Waals surface area contributed by atoms with Gasteiger partial charge in [-0.2, -0.15) is 0 Å². The maximum atomic E-state index is 11.5. The molecule has 2 heterocycles. The van der Waals surface area contributed by atoms with E-state index < -0.39 is 24.5 Å². The van der Waals surface area contributed by atoms with E-state index in [4.69, 9.17) is 15.6 Å². The summed E-state index contributed by atoms with van der Waals surface area (Å²) in [4.78, 5) is 16.7. The van der Waals surface area contributed by atoms with E-state index >= 15 is 0 Å². The number of guanidine groups is 1. The van der Waals surface area contributed by atoms with Gasteiger partial charge in [0, 0.05) is 6.42 Å². The highest BCUT2D eigenvalue weighted by atomic mass is 16.5. The van der Waals surface area contributed by atoms with Crippen molar-refractivity contribution in [1.82, 2.24) is 10.2 Å². The van der Waals surface area contributed by atoms with Crippen LogP contribution >= 0.6 is 0 Å². The molecule has 0 aromatic carbocycles. The predicted molar refractivity (Wildman–Crippen MR) is 53.2 cm³/mol. The molecule has 16 heavy (non-hydrogen) atoms. The molecule has 1 saturated heterocycles. The van der Waals surface area contributed by atoms with Crippen molar-refractivity contribution in [1.29, 1.82) is 0 Å². The zero-order valence-electron chi connectivity index (χ0n) is 8.54. The van der Waals surface area contributed by atoms with Gasteiger partial charge in [-0.15, -0.1) is 0 Å². The fraction of sp³-hybridized carbons (Fsp3) is 0.750. The van der Waals surface area contributed by atoms with E-state index in [2.05, 4.69) is 10.3 Å². The Morgan fingerprint density at radius 1 is 1.69 bits per heavy atom. The van der Waals surface area contributed by atoms with Gasteiger partial charge in [0.25, 0.3) is 0 Å². The average molecular weight is 230 g/mol. The molecule has 2 aliphatic rings. The summed E-state index contributed by atoms with van der Waals surface area (Å²) in [5.41, 5.74) is 5.33. The normalized spacial score (nSPS) is 34.9. The van der Waals surface area contributed by atoms with Crippen molar-refractivity contribution < 1.29 is 19.7 Å². The number of aliphatic hydroxyl groups is 2. The second-order valence-corrected chi connectivity index (χ2v) is 3.70. The van der Waals surface area contributed by atoms with E-state index in [0.717, 1.165) is 0 Å². The Labute approximate surface area is 91.7 Å². The molecule has 0 saturated carbocycles. The van der Waals surface area contributed by atoms with Crippen molar-refractivity contribution in [2.75, 3.05) is 13.3 Å². The van der Waals surface area contributed by atoms with Gasteiger partial charge in [0.15, 0.2) is 5.96 Å². The minimum absolute atomic E-state index is 0.0681. The molecule has 8 nitrogen and oxygen atoms in total. The highest BCUT2D eigenvalue weighted by molar-refractivity contribution is 5.96. The number of amides is 2. The number of nitrogens with zero attached hydrogens (tertiary/aromatic N) is 2. The summed E-state index contributed by atoms with van der Waals surface area (Å²) in [5, 5.41) is 20.8. The quantitative estimate of drug-likeness (QED) is 0.427. The monoisotopic (exact) mass is 230 g/mol. The van der Waals surface area contributed by atoms with Crippen LogP contribution in [0.4, 0.5) is 4.79 Å². The molecule has 3 unspecified atom stereocenters. The van der Waals surface area contributed by atoms with Crippen LogP contribution in [0.5, 0.6) is 0 Å². The van der Waals surface area contributed by atoms with Gasteiger partial charge in [-0.1, -0.05) is 0 Å². The van der Waals surface area contributed by atoms with Gasteiger partial charge in [0.2, 0.25) is 0 Å². The molecule has 1 fully saturated rings. The molecule has 90 valence electrons. The molecule has 5 N–H and O–H groups in total. The van der Waals surface area contributed by atoms with Gasteiger partial charge < -0.3 is 20.7 Å². The molecule has 0 spiro atoms. The number of carbonyl (C=O) groups is 1. The third kappa shape index (κ3) is 1.94. The number of aliphatic hydroxyl groups excluding tert-OH is 2. The zero-order chi connectivity index (χ0) is 11.7. The standard InChI is InChI=1S/C8H14N4O4/c9-7-10-3-12(8(15)11-7)6-1-4(14)5(2-13)16-6/h4-6,13-14H,1-3H2,(H3,9,10,11,15). The van der Waals surface area contributed by atoms with E-state index in [1.54, 1.807) is 0 Å². The molecule has 0 aromatic rings. The lowest BCUT2D eigenvalue weighted by atomic mass is 10.2. The van der Waals surface area contributed by atoms with Crippen molar-refractivity contribution in [3.63, 3.8) is 0 Å². The second-order valence-electron chi connectivity index (χ2n) is 3.70. The fourth-order valence-corrected chi connectivity index (χ4v) is 1.73.